The van der Waals surface area contributed by atoms with Gasteiger partial charge >= 0.3 is 0 Å². The van der Waals surface area contributed by atoms with Crippen LogP contribution in [0.15, 0.2) is 23.0 Å². The number of fused-ring (bicyclic) bond motifs is 1. The molecule has 0 bridgehead atoms. The maximum Gasteiger partial charge on any atom is 0.278 e. The monoisotopic (exact) mass is 324 g/mol. The van der Waals surface area contributed by atoms with E-state index in [1.807, 2.05) is 26.8 Å². The lowest BCUT2D eigenvalue weighted by atomic mass is 10.1. The summed E-state index contributed by atoms with van der Waals surface area (Å²) in [5, 5.41) is 16.3. The molecule has 0 aliphatic carbocycles. The number of nitrogens with one attached hydrogen (secondary N) is 1. The zero-order chi connectivity index (χ0) is 17.5. The van der Waals surface area contributed by atoms with Gasteiger partial charge in [-0.2, -0.15) is 10.4 Å². The van der Waals surface area contributed by atoms with Crippen molar-refractivity contribution in [1.82, 2.24) is 25.1 Å². The molecule has 0 aromatic carbocycles. The standard InChI is InChI=1S/C15H16N8O/c1-15(2,3)23-13-10(12(17)19-7-20-13)11(22-23)14(24)21-9-4-8(5-16)6-18-9/h4,7H,6H2,1-3H3,(H2,17,19,20)(H,18,21,24). The van der Waals surface area contributed by atoms with Crippen molar-refractivity contribution >= 4 is 28.6 Å². The van der Waals surface area contributed by atoms with Crippen molar-refractivity contribution in [3.05, 3.63) is 23.7 Å². The van der Waals surface area contributed by atoms with Crippen LogP contribution in [-0.2, 0) is 5.54 Å². The van der Waals surface area contributed by atoms with Crippen LogP contribution in [0.2, 0.25) is 0 Å². The highest BCUT2D eigenvalue weighted by molar-refractivity contribution is 6.16. The Hall–Kier alpha value is -3.28. The zero-order valence-corrected chi connectivity index (χ0v) is 13.5. The first-order chi connectivity index (χ1) is 11.3. The second-order valence-electron chi connectivity index (χ2n) is 6.33. The van der Waals surface area contributed by atoms with Gasteiger partial charge in [0.05, 0.1) is 29.1 Å². The highest BCUT2D eigenvalue weighted by atomic mass is 16.2. The van der Waals surface area contributed by atoms with Gasteiger partial charge in [-0.1, -0.05) is 0 Å². The van der Waals surface area contributed by atoms with Crippen molar-refractivity contribution in [3.63, 3.8) is 0 Å². The smallest absolute Gasteiger partial charge is 0.278 e. The third-order valence-corrected chi connectivity index (χ3v) is 3.46. The van der Waals surface area contributed by atoms with Crippen molar-refractivity contribution in [1.29, 1.82) is 5.26 Å². The summed E-state index contributed by atoms with van der Waals surface area (Å²) in [6.07, 6.45) is 2.87. The lowest BCUT2D eigenvalue weighted by Crippen LogP contribution is -2.30. The van der Waals surface area contributed by atoms with Gasteiger partial charge in [-0.25, -0.2) is 14.6 Å². The number of amides is 1. The van der Waals surface area contributed by atoms with Crippen LogP contribution >= 0.6 is 0 Å². The van der Waals surface area contributed by atoms with Gasteiger partial charge in [0, 0.05) is 0 Å². The number of carbonyl (C=O) groups excluding carboxylic acids is 1. The number of nitrogens with zero attached hydrogens (tertiary/aromatic N) is 6. The molecule has 0 radical (unpaired) electrons. The minimum atomic E-state index is -0.473. The molecule has 1 aliphatic heterocycles. The molecule has 24 heavy (non-hydrogen) atoms. The van der Waals surface area contributed by atoms with E-state index in [9.17, 15) is 4.79 Å². The molecule has 0 unspecified atom stereocenters. The molecule has 3 heterocycles. The van der Waals surface area contributed by atoms with Gasteiger partial charge in [-0.15, -0.1) is 0 Å². The summed E-state index contributed by atoms with van der Waals surface area (Å²) < 4.78 is 1.64. The summed E-state index contributed by atoms with van der Waals surface area (Å²) in [5.41, 5.74) is 6.64. The van der Waals surface area contributed by atoms with Gasteiger partial charge in [0.25, 0.3) is 5.91 Å². The molecule has 9 heteroatoms. The van der Waals surface area contributed by atoms with Crippen molar-refractivity contribution in [2.75, 3.05) is 12.3 Å². The molecule has 1 amide bonds. The van der Waals surface area contributed by atoms with Gasteiger partial charge in [-0.05, 0) is 26.8 Å². The number of carbonyl (C=O) groups is 1. The molecule has 122 valence electrons. The first-order valence-electron chi connectivity index (χ1n) is 7.27. The van der Waals surface area contributed by atoms with Crippen molar-refractivity contribution in [2.24, 2.45) is 4.99 Å². The number of amidine groups is 1. The van der Waals surface area contributed by atoms with Crippen LogP contribution < -0.4 is 11.1 Å². The summed E-state index contributed by atoms with van der Waals surface area (Å²) in [6, 6.07) is 2.01. The van der Waals surface area contributed by atoms with E-state index in [0.717, 1.165) is 0 Å². The van der Waals surface area contributed by atoms with Crippen molar-refractivity contribution < 1.29 is 4.79 Å². The minimum Gasteiger partial charge on any atom is -0.383 e. The number of nitrogen functional groups attached to an aromatic ring is 1. The third kappa shape index (κ3) is 2.58. The Labute approximate surface area is 137 Å². The van der Waals surface area contributed by atoms with Crippen molar-refractivity contribution in [2.45, 2.75) is 26.3 Å². The van der Waals surface area contributed by atoms with Gasteiger partial charge in [0.1, 0.15) is 18.0 Å². The van der Waals surface area contributed by atoms with E-state index in [4.69, 9.17) is 11.0 Å². The van der Waals surface area contributed by atoms with E-state index in [0.29, 0.717) is 22.4 Å². The Morgan fingerprint density at radius 1 is 1.42 bits per heavy atom. The fraction of sp³-hybridized carbons (Fsp3) is 0.333. The average Bonchev–Trinajstić information content (AvgIpc) is 3.11. The summed E-state index contributed by atoms with van der Waals surface area (Å²) in [4.78, 5) is 24.9. The van der Waals surface area contributed by atoms with Gasteiger partial charge in [0.2, 0.25) is 0 Å². The predicted molar refractivity (Wildman–Crippen MR) is 88.2 cm³/mol. The van der Waals surface area contributed by atoms with E-state index in [1.54, 1.807) is 4.68 Å². The maximum atomic E-state index is 12.6. The molecule has 3 rings (SSSR count). The first kappa shape index (κ1) is 15.6. The van der Waals surface area contributed by atoms with Crippen LogP contribution in [0.3, 0.4) is 0 Å². The number of nitrogens with two attached hydrogens (primary N) is 1. The van der Waals surface area contributed by atoms with E-state index < -0.39 is 11.4 Å². The summed E-state index contributed by atoms with van der Waals surface area (Å²) in [7, 11) is 0. The minimum absolute atomic E-state index is 0.125. The number of aliphatic imine (C=N–C) groups is 1. The van der Waals surface area contributed by atoms with Crippen LogP contribution in [0.1, 0.15) is 31.3 Å². The number of anilines is 1. The fourth-order valence-corrected chi connectivity index (χ4v) is 2.35. The number of nitriles is 1. The lowest BCUT2D eigenvalue weighted by Gasteiger charge is -2.19. The quantitative estimate of drug-likeness (QED) is 0.795. The highest BCUT2D eigenvalue weighted by Crippen LogP contribution is 2.26. The van der Waals surface area contributed by atoms with Crippen LogP contribution in [0.4, 0.5) is 5.82 Å². The normalized spacial score (nSPS) is 14.2. The fourth-order valence-electron chi connectivity index (χ4n) is 2.35. The van der Waals surface area contributed by atoms with Crippen LogP contribution in [0.25, 0.3) is 11.0 Å². The first-order valence-corrected chi connectivity index (χ1v) is 7.27. The maximum absolute atomic E-state index is 12.6. The molecule has 9 nitrogen and oxygen atoms in total. The van der Waals surface area contributed by atoms with E-state index >= 15 is 0 Å². The molecular formula is C15H16N8O. The summed E-state index contributed by atoms with van der Waals surface area (Å²) >= 11 is 0. The third-order valence-electron chi connectivity index (χ3n) is 3.46. The second-order valence-corrected chi connectivity index (χ2v) is 6.33. The number of aromatic nitrogens is 4. The Bertz CT molecular complexity index is 939. The van der Waals surface area contributed by atoms with Crippen LogP contribution in [0.5, 0.6) is 0 Å². The second kappa shape index (κ2) is 5.42. The molecular weight excluding hydrogens is 308 g/mol. The highest BCUT2D eigenvalue weighted by Gasteiger charge is 2.27. The molecule has 0 saturated heterocycles. The predicted octanol–water partition coefficient (Wildman–Crippen LogP) is 0.755. The molecule has 0 saturated carbocycles. The van der Waals surface area contributed by atoms with Crippen molar-refractivity contribution in [3.8, 4) is 6.07 Å². The molecule has 3 N–H and O–H groups in total. The largest absolute Gasteiger partial charge is 0.383 e. The lowest BCUT2D eigenvalue weighted by molar-refractivity contribution is 0.0972. The van der Waals surface area contributed by atoms with Gasteiger partial charge < -0.3 is 11.1 Å². The van der Waals surface area contributed by atoms with Gasteiger partial charge in [0.15, 0.2) is 11.3 Å². The van der Waals surface area contributed by atoms with E-state index in [2.05, 4.69) is 25.4 Å². The molecule has 1 aliphatic rings. The van der Waals surface area contributed by atoms with Crippen LogP contribution in [0, 0.1) is 11.3 Å². The zero-order valence-electron chi connectivity index (χ0n) is 13.5. The Kier molecular flexibility index (Phi) is 3.52. The topological polar surface area (TPSA) is 135 Å². The molecule has 2 aromatic rings. The van der Waals surface area contributed by atoms with Gasteiger partial charge in [-0.3, -0.25) is 9.79 Å². The number of hydrogen-bond donors (Lipinski definition) is 2. The van der Waals surface area contributed by atoms with Crippen LogP contribution in [-0.4, -0.2) is 38.0 Å². The Morgan fingerprint density at radius 2 is 2.17 bits per heavy atom. The Morgan fingerprint density at radius 3 is 2.79 bits per heavy atom. The molecule has 0 atom stereocenters. The number of hydrogen-bond acceptors (Lipinski definition) is 7. The molecule has 0 fully saturated rings. The number of rotatable bonds is 1. The summed E-state index contributed by atoms with van der Waals surface area (Å²) in [5.74, 6) is 0.0337. The molecule has 0 spiro atoms. The van der Waals surface area contributed by atoms with E-state index in [1.165, 1.54) is 12.4 Å². The SMILES string of the molecule is CC(C)(C)n1nc(C(=O)NC2=NCC(C#N)=C2)c2c(N)ncnc21. The average molecular weight is 324 g/mol. The Balaban J connectivity index is 2.05. The molecule has 2 aromatic heterocycles. The summed E-state index contributed by atoms with van der Waals surface area (Å²) in [6.45, 7) is 6.10. The van der Waals surface area contributed by atoms with E-state index in [-0.39, 0.29) is 18.1 Å².